The first-order chi connectivity index (χ1) is 13.2. The van der Waals surface area contributed by atoms with Crippen molar-refractivity contribution in [3.05, 3.63) is 89.9 Å². The number of rotatable bonds is 7. The Hall–Kier alpha value is -3.34. The van der Waals surface area contributed by atoms with Crippen LogP contribution in [0.1, 0.15) is 40.9 Å². The van der Waals surface area contributed by atoms with E-state index in [1.165, 1.54) is 6.26 Å². The standard InChI is InChI=1S/C22H22N2O3/c1-2-19(17-7-4-3-5-8-17)21(25)23-15-16-10-12-18(13-11-16)24-22(26)20-9-6-14-27-20/h3-14,19H,2,15H2,1H3,(H,23,25)(H,24,26)/t19-/m0/s1. The second-order valence-corrected chi connectivity index (χ2v) is 6.22. The van der Waals surface area contributed by atoms with Crippen molar-refractivity contribution in [2.24, 2.45) is 0 Å². The van der Waals surface area contributed by atoms with Gasteiger partial charge in [0.25, 0.3) is 5.91 Å². The predicted octanol–water partition coefficient (Wildman–Crippen LogP) is 4.34. The first kappa shape index (κ1) is 18.5. The van der Waals surface area contributed by atoms with Crippen LogP contribution in [0.3, 0.4) is 0 Å². The molecule has 5 heteroatoms. The highest BCUT2D eigenvalue weighted by Crippen LogP contribution is 2.19. The molecule has 0 saturated carbocycles. The van der Waals surface area contributed by atoms with Gasteiger partial charge in [0.1, 0.15) is 0 Å². The Morgan fingerprint density at radius 3 is 2.33 bits per heavy atom. The van der Waals surface area contributed by atoms with Crippen molar-refractivity contribution >= 4 is 17.5 Å². The summed E-state index contributed by atoms with van der Waals surface area (Å²) in [6.45, 7) is 2.45. The van der Waals surface area contributed by atoms with Crippen LogP contribution in [0.2, 0.25) is 0 Å². The Balaban J connectivity index is 1.55. The van der Waals surface area contributed by atoms with Crippen LogP contribution in [-0.2, 0) is 11.3 Å². The second kappa shape index (κ2) is 8.85. The number of anilines is 1. The molecule has 2 N–H and O–H groups in total. The molecule has 0 aliphatic rings. The summed E-state index contributed by atoms with van der Waals surface area (Å²) in [7, 11) is 0. The minimum absolute atomic E-state index is 0.0129. The number of furan rings is 1. The van der Waals surface area contributed by atoms with Crippen molar-refractivity contribution in [1.82, 2.24) is 5.32 Å². The third kappa shape index (κ3) is 4.85. The molecule has 0 fully saturated rings. The largest absolute Gasteiger partial charge is 0.459 e. The molecule has 3 rings (SSSR count). The Morgan fingerprint density at radius 1 is 0.963 bits per heavy atom. The van der Waals surface area contributed by atoms with Gasteiger partial charge in [-0.2, -0.15) is 0 Å². The lowest BCUT2D eigenvalue weighted by molar-refractivity contribution is -0.122. The Labute approximate surface area is 158 Å². The summed E-state index contributed by atoms with van der Waals surface area (Å²) >= 11 is 0. The van der Waals surface area contributed by atoms with Crippen molar-refractivity contribution < 1.29 is 14.0 Å². The highest BCUT2D eigenvalue weighted by atomic mass is 16.3. The van der Waals surface area contributed by atoms with Gasteiger partial charge in [-0.1, -0.05) is 49.4 Å². The van der Waals surface area contributed by atoms with E-state index in [0.29, 0.717) is 12.2 Å². The normalized spacial score (nSPS) is 11.6. The molecule has 5 nitrogen and oxygen atoms in total. The molecule has 2 aromatic carbocycles. The molecule has 2 amide bonds. The van der Waals surface area contributed by atoms with Crippen molar-refractivity contribution in [3.63, 3.8) is 0 Å². The molecule has 1 aromatic heterocycles. The molecule has 0 aliphatic heterocycles. The SMILES string of the molecule is CC[C@H](C(=O)NCc1ccc(NC(=O)c2ccco2)cc1)c1ccccc1. The van der Waals surface area contributed by atoms with Crippen molar-refractivity contribution in [2.45, 2.75) is 25.8 Å². The van der Waals surface area contributed by atoms with Crippen LogP contribution < -0.4 is 10.6 Å². The van der Waals surface area contributed by atoms with Crippen LogP contribution in [0.15, 0.2) is 77.4 Å². The molecule has 27 heavy (non-hydrogen) atoms. The molecule has 3 aromatic rings. The number of hydrogen-bond donors (Lipinski definition) is 2. The number of amides is 2. The van der Waals surface area contributed by atoms with Gasteiger partial charge >= 0.3 is 0 Å². The minimum atomic E-state index is -0.297. The van der Waals surface area contributed by atoms with Crippen molar-refractivity contribution in [1.29, 1.82) is 0 Å². The quantitative estimate of drug-likeness (QED) is 0.657. The molecule has 1 atom stereocenters. The molecule has 0 bridgehead atoms. The van der Waals surface area contributed by atoms with Gasteiger partial charge < -0.3 is 15.1 Å². The van der Waals surface area contributed by atoms with Crippen molar-refractivity contribution in [3.8, 4) is 0 Å². The smallest absolute Gasteiger partial charge is 0.291 e. The zero-order valence-electron chi connectivity index (χ0n) is 15.1. The first-order valence-electron chi connectivity index (χ1n) is 8.94. The maximum atomic E-state index is 12.5. The highest BCUT2D eigenvalue weighted by Gasteiger charge is 2.17. The van der Waals surface area contributed by atoms with Crippen LogP contribution >= 0.6 is 0 Å². The van der Waals surface area contributed by atoms with Gasteiger partial charge in [0, 0.05) is 12.2 Å². The third-order valence-electron chi connectivity index (χ3n) is 4.35. The van der Waals surface area contributed by atoms with Gasteiger partial charge in [0.05, 0.1) is 12.2 Å². The number of benzene rings is 2. The lowest BCUT2D eigenvalue weighted by Crippen LogP contribution is -2.28. The maximum Gasteiger partial charge on any atom is 0.291 e. The third-order valence-corrected chi connectivity index (χ3v) is 4.35. The Bertz CT molecular complexity index is 872. The Morgan fingerprint density at radius 2 is 1.70 bits per heavy atom. The zero-order valence-corrected chi connectivity index (χ0v) is 15.1. The fourth-order valence-corrected chi connectivity index (χ4v) is 2.88. The summed E-state index contributed by atoms with van der Waals surface area (Å²) in [4.78, 5) is 24.5. The summed E-state index contributed by atoms with van der Waals surface area (Å²) in [6.07, 6.45) is 2.20. The molecule has 0 aliphatic carbocycles. The minimum Gasteiger partial charge on any atom is -0.459 e. The predicted molar refractivity (Wildman–Crippen MR) is 104 cm³/mol. The average molecular weight is 362 g/mol. The fraction of sp³-hybridized carbons (Fsp3) is 0.182. The van der Waals surface area contributed by atoms with E-state index in [9.17, 15) is 9.59 Å². The van der Waals surface area contributed by atoms with E-state index >= 15 is 0 Å². The molecular weight excluding hydrogens is 340 g/mol. The van der Waals surface area contributed by atoms with Gasteiger partial charge in [-0.3, -0.25) is 9.59 Å². The summed E-state index contributed by atoms with van der Waals surface area (Å²) < 4.78 is 5.07. The highest BCUT2D eigenvalue weighted by molar-refractivity contribution is 6.02. The monoisotopic (exact) mass is 362 g/mol. The second-order valence-electron chi connectivity index (χ2n) is 6.22. The van der Waals surface area contributed by atoms with Crippen molar-refractivity contribution in [2.75, 3.05) is 5.32 Å². The first-order valence-corrected chi connectivity index (χ1v) is 8.94. The summed E-state index contributed by atoms with van der Waals surface area (Å²) in [5, 5.41) is 5.76. The number of hydrogen-bond acceptors (Lipinski definition) is 3. The van der Waals surface area contributed by atoms with E-state index in [0.717, 1.165) is 17.5 Å². The lowest BCUT2D eigenvalue weighted by Gasteiger charge is -2.15. The molecule has 0 unspecified atom stereocenters. The van der Waals surface area contributed by atoms with Gasteiger partial charge in [-0.15, -0.1) is 0 Å². The molecule has 1 heterocycles. The van der Waals surface area contributed by atoms with E-state index < -0.39 is 0 Å². The topological polar surface area (TPSA) is 71.3 Å². The summed E-state index contributed by atoms with van der Waals surface area (Å²) in [5.74, 6) is -0.176. The van der Waals surface area contributed by atoms with Gasteiger partial charge in [0.2, 0.25) is 5.91 Å². The fourth-order valence-electron chi connectivity index (χ4n) is 2.88. The molecule has 0 radical (unpaired) electrons. The summed E-state index contributed by atoms with van der Waals surface area (Å²) in [6, 6.07) is 20.4. The van der Waals surface area contributed by atoms with Crippen LogP contribution in [0.4, 0.5) is 5.69 Å². The van der Waals surface area contributed by atoms with Gasteiger partial charge in [-0.05, 0) is 41.8 Å². The maximum absolute atomic E-state index is 12.5. The van der Waals surface area contributed by atoms with E-state index in [4.69, 9.17) is 4.42 Å². The van der Waals surface area contributed by atoms with Gasteiger partial charge in [-0.25, -0.2) is 0 Å². The summed E-state index contributed by atoms with van der Waals surface area (Å²) in [5.41, 5.74) is 2.65. The van der Waals surface area contributed by atoms with Crippen LogP contribution in [0, 0.1) is 0 Å². The van der Waals surface area contributed by atoms with Crippen LogP contribution in [0.5, 0.6) is 0 Å². The zero-order chi connectivity index (χ0) is 19.1. The van der Waals surface area contributed by atoms with Gasteiger partial charge in [0.15, 0.2) is 5.76 Å². The number of carbonyl (C=O) groups is 2. The van der Waals surface area contributed by atoms with Crippen LogP contribution in [-0.4, -0.2) is 11.8 Å². The van der Waals surface area contributed by atoms with E-state index in [2.05, 4.69) is 10.6 Å². The van der Waals surface area contributed by atoms with E-state index in [-0.39, 0.29) is 23.5 Å². The molecule has 138 valence electrons. The lowest BCUT2D eigenvalue weighted by atomic mass is 9.95. The van der Waals surface area contributed by atoms with E-state index in [1.54, 1.807) is 24.3 Å². The number of carbonyl (C=O) groups excluding carboxylic acids is 2. The Kier molecular flexibility index (Phi) is 6.05. The molecular formula is C22H22N2O3. The molecule has 0 saturated heterocycles. The average Bonchev–Trinajstić information content (AvgIpc) is 3.24. The molecule has 0 spiro atoms. The van der Waals surface area contributed by atoms with Crippen LogP contribution in [0.25, 0.3) is 0 Å². The number of nitrogens with one attached hydrogen (secondary N) is 2. The van der Waals surface area contributed by atoms with E-state index in [1.807, 2.05) is 49.4 Å².